The van der Waals surface area contributed by atoms with E-state index in [-0.39, 0.29) is 0 Å². The van der Waals surface area contributed by atoms with Crippen molar-refractivity contribution in [2.24, 2.45) is 5.73 Å². The molecule has 0 radical (unpaired) electrons. The van der Waals surface area contributed by atoms with Crippen LogP contribution in [0.1, 0.15) is 42.1 Å². The Morgan fingerprint density at radius 1 is 0.900 bits per heavy atom. The molecule has 0 aliphatic carbocycles. The Balaban J connectivity index is 2.68. The molecule has 0 amide bonds. The normalized spacial score (nSPS) is 11.8. The van der Waals surface area contributed by atoms with Gasteiger partial charge in [0.1, 0.15) is 5.82 Å². The molecule has 0 aliphatic rings. The minimum atomic E-state index is -0.534. The molecule has 0 atom stereocenters. The van der Waals surface area contributed by atoms with Gasteiger partial charge < -0.3 is 5.73 Å². The predicted octanol–water partition coefficient (Wildman–Crippen LogP) is 3.57. The predicted molar refractivity (Wildman–Crippen MR) is 83.6 cm³/mol. The maximum Gasteiger partial charge on any atom is 0.148 e. The monoisotopic (exact) mass is 269 g/mol. The van der Waals surface area contributed by atoms with E-state index < -0.39 is 5.54 Å². The summed E-state index contributed by atoms with van der Waals surface area (Å²) >= 11 is 0. The van der Waals surface area contributed by atoms with Gasteiger partial charge in [0.05, 0.1) is 11.2 Å². The average molecular weight is 269 g/mol. The fraction of sp³-hybridized carbons (Fsp3) is 0.412. The Labute approximate surface area is 121 Å². The Morgan fingerprint density at radius 2 is 1.45 bits per heavy atom. The van der Waals surface area contributed by atoms with Gasteiger partial charge in [0, 0.05) is 11.3 Å². The number of nitrogens with two attached hydrogens (primary N) is 1. The summed E-state index contributed by atoms with van der Waals surface area (Å²) in [6.07, 6.45) is 0. The SMILES string of the molecule is Cc1cc(C)c(-c2cc(C)nc(C(C)(C)N)n2)c(C)c1. The lowest BCUT2D eigenvalue weighted by molar-refractivity contribution is 0.512. The van der Waals surface area contributed by atoms with E-state index in [9.17, 15) is 0 Å². The van der Waals surface area contributed by atoms with Crippen LogP contribution in [0.25, 0.3) is 11.3 Å². The summed E-state index contributed by atoms with van der Waals surface area (Å²) in [5.41, 5.74) is 12.5. The van der Waals surface area contributed by atoms with Gasteiger partial charge >= 0.3 is 0 Å². The van der Waals surface area contributed by atoms with Crippen molar-refractivity contribution in [3.8, 4) is 11.3 Å². The second-order valence-corrected chi connectivity index (χ2v) is 6.21. The van der Waals surface area contributed by atoms with Crippen molar-refractivity contribution in [1.29, 1.82) is 0 Å². The third-order valence-corrected chi connectivity index (χ3v) is 3.36. The van der Waals surface area contributed by atoms with Crippen LogP contribution >= 0.6 is 0 Å². The van der Waals surface area contributed by atoms with E-state index in [4.69, 9.17) is 10.7 Å². The lowest BCUT2D eigenvalue weighted by Gasteiger charge is -2.19. The topological polar surface area (TPSA) is 51.8 Å². The third kappa shape index (κ3) is 2.88. The lowest BCUT2D eigenvalue weighted by atomic mass is 9.96. The summed E-state index contributed by atoms with van der Waals surface area (Å²) in [4.78, 5) is 9.16. The van der Waals surface area contributed by atoms with Gasteiger partial charge in [-0.05, 0) is 58.7 Å². The molecule has 0 spiro atoms. The molecular formula is C17H23N3. The van der Waals surface area contributed by atoms with Crippen LogP contribution in [-0.4, -0.2) is 9.97 Å². The lowest BCUT2D eigenvalue weighted by Crippen LogP contribution is -2.31. The minimum Gasteiger partial charge on any atom is -0.319 e. The maximum atomic E-state index is 6.15. The first-order chi connectivity index (χ1) is 9.18. The number of aryl methyl sites for hydroxylation is 4. The zero-order chi connectivity index (χ0) is 15.1. The molecule has 1 aromatic carbocycles. The van der Waals surface area contributed by atoms with Crippen molar-refractivity contribution in [3.05, 3.63) is 46.4 Å². The van der Waals surface area contributed by atoms with Crippen molar-refractivity contribution in [3.63, 3.8) is 0 Å². The number of hydrogen-bond acceptors (Lipinski definition) is 3. The quantitative estimate of drug-likeness (QED) is 0.906. The van der Waals surface area contributed by atoms with Gasteiger partial charge in [-0.25, -0.2) is 9.97 Å². The Kier molecular flexibility index (Phi) is 3.65. The molecule has 1 heterocycles. The van der Waals surface area contributed by atoms with Crippen LogP contribution in [0.5, 0.6) is 0 Å². The maximum absolute atomic E-state index is 6.15. The van der Waals surface area contributed by atoms with E-state index in [0.717, 1.165) is 11.4 Å². The molecule has 0 saturated carbocycles. The van der Waals surface area contributed by atoms with Crippen molar-refractivity contribution >= 4 is 0 Å². The Morgan fingerprint density at radius 3 is 1.95 bits per heavy atom. The van der Waals surface area contributed by atoms with Crippen molar-refractivity contribution < 1.29 is 0 Å². The average Bonchev–Trinajstić information content (AvgIpc) is 2.25. The zero-order valence-corrected chi connectivity index (χ0v) is 13.2. The molecule has 106 valence electrons. The first-order valence-electron chi connectivity index (χ1n) is 6.92. The molecule has 0 saturated heterocycles. The standard InChI is InChI=1S/C17H23N3/c1-10-7-11(2)15(12(3)8-10)14-9-13(4)19-16(20-14)17(5,6)18/h7-9H,18H2,1-6H3. The summed E-state index contributed by atoms with van der Waals surface area (Å²) in [6, 6.07) is 6.40. The molecule has 0 unspecified atom stereocenters. The smallest absolute Gasteiger partial charge is 0.148 e. The summed E-state index contributed by atoms with van der Waals surface area (Å²) < 4.78 is 0. The molecule has 3 heteroatoms. The van der Waals surface area contributed by atoms with Crippen molar-refractivity contribution in [2.75, 3.05) is 0 Å². The van der Waals surface area contributed by atoms with Gasteiger partial charge in [-0.3, -0.25) is 0 Å². The highest BCUT2D eigenvalue weighted by Crippen LogP contribution is 2.28. The summed E-state index contributed by atoms with van der Waals surface area (Å²) in [5.74, 6) is 0.687. The Bertz CT molecular complexity index is 629. The van der Waals surface area contributed by atoms with Crippen LogP contribution in [-0.2, 0) is 5.54 Å². The molecule has 2 N–H and O–H groups in total. The highest BCUT2D eigenvalue weighted by molar-refractivity contribution is 5.68. The molecular weight excluding hydrogens is 246 g/mol. The van der Waals surface area contributed by atoms with Crippen LogP contribution in [0.4, 0.5) is 0 Å². The second kappa shape index (κ2) is 4.98. The fourth-order valence-electron chi connectivity index (χ4n) is 2.57. The second-order valence-electron chi connectivity index (χ2n) is 6.21. The van der Waals surface area contributed by atoms with Gasteiger partial charge in [0.25, 0.3) is 0 Å². The van der Waals surface area contributed by atoms with E-state index in [1.165, 1.54) is 22.3 Å². The number of nitrogens with zero attached hydrogens (tertiary/aromatic N) is 2. The number of rotatable bonds is 2. The van der Waals surface area contributed by atoms with Crippen LogP contribution in [0, 0.1) is 27.7 Å². The summed E-state index contributed by atoms with van der Waals surface area (Å²) in [5, 5.41) is 0. The van der Waals surface area contributed by atoms with E-state index >= 15 is 0 Å². The van der Waals surface area contributed by atoms with E-state index in [1.54, 1.807) is 0 Å². The van der Waals surface area contributed by atoms with E-state index in [2.05, 4.69) is 37.9 Å². The van der Waals surface area contributed by atoms with Crippen LogP contribution < -0.4 is 5.73 Å². The summed E-state index contributed by atoms with van der Waals surface area (Å²) in [7, 11) is 0. The first kappa shape index (κ1) is 14.7. The molecule has 2 aromatic rings. The summed E-state index contributed by atoms with van der Waals surface area (Å²) in [6.45, 7) is 12.2. The van der Waals surface area contributed by atoms with Gasteiger partial charge in [0.2, 0.25) is 0 Å². The molecule has 3 nitrogen and oxygen atoms in total. The van der Waals surface area contributed by atoms with Crippen LogP contribution in [0.15, 0.2) is 18.2 Å². The molecule has 20 heavy (non-hydrogen) atoms. The van der Waals surface area contributed by atoms with Crippen molar-refractivity contribution in [1.82, 2.24) is 9.97 Å². The number of aromatic nitrogens is 2. The van der Waals surface area contributed by atoms with Gasteiger partial charge in [-0.1, -0.05) is 17.7 Å². The van der Waals surface area contributed by atoms with Crippen molar-refractivity contribution in [2.45, 2.75) is 47.1 Å². The third-order valence-electron chi connectivity index (χ3n) is 3.36. The first-order valence-corrected chi connectivity index (χ1v) is 6.92. The van der Waals surface area contributed by atoms with E-state index in [1.807, 2.05) is 26.8 Å². The molecule has 1 aromatic heterocycles. The molecule has 0 bridgehead atoms. The highest BCUT2D eigenvalue weighted by atomic mass is 15.0. The van der Waals surface area contributed by atoms with Crippen LogP contribution in [0.2, 0.25) is 0 Å². The Hall–Kier alpha value is -1.74. The number of benzene rings is 1. The molecule has 0 fully saturated rings. The largest absolute Gasteiger partial charge is 0.319 e. The van der Waals surface area contributed by atoms with E-state index in [0.29, 0.717) is 5.82 Å². The molecule has 2 rings (SSSR count). The highest BCUT2D eigenvalue weighted by Gasteiger charge is 2.20. The number of hydrogen-bond donors (Lipinski definition) is 1. The van der Waals surface area contributed by atoms with Gasteiger partial charge in [-0.2, -0.15) is 0 Å². The van der Waals surface area contributed by atoms with Gasteiger partial charge in [-0.15, -0.1) is 0 Å². The van der Waals surface area contributed by atoms with Crippen LogP contribution in [0.3, 0.4) is 0 Å². The molecule has 0 aliphatic heterocycles. The van der Waals surface area contributed by atoms with Gasteiger partial charge in [0.15, 0.2) is 0 Å². The zero-order valence-electron chi connectivity index (χ0n) is 13.2. The fourth-order valence-corrected chi connectivity index (χ4v) is 2.57. The minimum absolute atomic E-state index is 0.534.